The molecule has 0 atom stereocenters. The summed E-state index contributed by atoms with van der Waals surface area (Å²) in [7, 11) is 0. The van der Waals surface area contributed by atoms with E-state index in [1.807, 2.05) is 24.3 Å². The first-order chi connectivity index (χ1) is 6.36. The fraction of sp³-hybridized carbons (Fsp3) is 0. The minimum atomic E-state index is 0.861. The standard InChI is InChI=1S/C9H6IN3/c10-9-5-8(12-6-13-9)7-3-1-2-4-11-7/h1-6H. The lowest BCUT2D eigenvalue weighted by Crippen LogP contribution is -1.89. The summed E-state index contributed by atoms with van der Waals surface area (Å²) in [4.78, 5) is 12.3. The number of pyridine rings is 1. The molecule has 0 aliphatic rings. The molecule has 0 amide bonds. The smallest absolute Gasteiger partial charge is 0.117 e. The summed E-state index contributed by atoms with van der Waals surface area (Å²) in [6.07, 6.45) is 3.30. The Labute approximate surface area is 89.4 Å². The van der Waals surface area contributed by atoms with Crippen LogP contribution in [-0.2, 0) is 0 Å². The molecule has 0 spiro atoms. The molecule has 2 heterocycles. The number of nitrogens with zero attached hydrogens (tertiary/aromatic N) is 3. The Hall–Kier alpha value is -1.04. The second kappa shape index (κ2) is 3.78. The van der Waals surface area contributed by atoms with Crippen molar-refractivity contribution in [2.75, 3.05) is 0 Å². The predicted octanol–water partition coefficient (Wildman–Crippen LogP) is 2.14. The zero-order valence-electron chi connectivity index (χ0n) is 6.68. The molecule has 2 aromatic heterocycles. The summed E-state index contributed by atoms with van der Waals surface area (Å²) in [5.41, 5.74) is 1.74. The van der Waals surface area contributed by atoms with Gasteiger partial charge in [0.2, 0.25) is 0 Å². The topological polar surface area (TPSA) is 38.7 Å². The number of rotatable bonds is 1. The fourth-order valence-corrected chi connectivity index (χ4v) is 1.41. The van der Waals surface area contributed by atoms with E-state index in [-0.39, 0.29) is 0 Å². The highest BCUT2D eigenvalue weighted by Gasteiger charge is 1.99. The Kier molecular flexibility index (Phi) is 2.49. The van der Waals surface area contributed by atoms with E-state index in [0.717, 1.165) is 15.1 Å². The summed E-state index contributed by atoms with van der Waals surface area (Å²) in [5.74, 6) is 0. The molecular weight excluding hydrogens is 277 g/mol. The van der Waals surface area contributed by atoms with Crippen LogP contribution in [0.1, 0.15) is 0 Å². The molecule has 2 rings (SSSR count). The summed E-state index contributed by atoms with van der Waals surface area (Å²) in [6.45, 7) is 0. The van der Waals surface area contributed by atoms with Crippen molar-refractivity contribution in [3.8, 4) is 11.4 Å². The minimum Gasteiger partial charge on any atom is -0.255 e. The number of hydrogen-bond acceptors (Lipinski definition) is 3. The van der Waals surface area contributed by atoms with Crippen LogP contribution in [0.15, 0.2) is 36.8 Å². The molecule has 0 saturated heterocycles. The van der Waals surface area contributed by atoms with E-state index in [2.05, 4.69) is 37.5 Å². The van der Waals surface area contributed by atoms with Gasteiger partial charge in [0.1, 0.15) is 10.0 Å². The zero-order chi connectivity index (χ0) is 9.10. The van der Waals surface area contributed by atoms with Gasteiger partial charge in [-0.25, -0.2) is 9.97 Å². The van der Waals surface area contributed by atoms with E-state index in [4.69, 9.17) is 0 Å². The van der Waals surface area contributed by atoms with Crippen LogP contribution in [0, 0.1) is 3.70 Å². The fourth-order valence-electron chi connectivity index (χ4n) is 0.988. The second-order valence-corrected chi connectivity index (χ2v) is 3.55. The quantitative estimate of drug-likeness (QED) is 0.594. The van der Waals surface area contributed by atoms with Crippen LogP contribution >= 0.6 is 22.6 Å². The van der Waals surface area contributed by atoms with Crippen molar-refractivity contribution < 1.29 is 0 Å². The third-order valence-corrected chi connectivity index (χ3v) is 2.15. The van der Waals surface area contributed by atoms with Gasteiger partial charge in [0.25, 0.3) is 0 Å². The maximum atomic E-state index is 4.20. The van der Waals surface area contributed by atoms with Gasteiger partial charge in [0.05, 0.1) is 11.4 Å². The largest absolute Gasteiger partial charge is 0.255 e. The highest BCUT2D eigenvalue weighted by atomic mass is 127. The molecule has 13 heavy (non-hydrogen) atoms. The van der Waals surface area contributed by atoms with Gasteiger partial charge in [0.15, 0.2) is 0 Å². The minimum absolute atomic E-state index is 0.861. The van der Waals surface area contributed by atoms with E-state index in [1.54, 1.807) is 12.5 Å². The van der Waals surface area contributed by atoms with Crippen molar-refractivity contribution in [3.63, 3.8) is 0 Å². The molecular formula is C9H6IN3. The molecule has 0 radical (unpaired) electrons. The van der Waals surface area contributed by atoms with Gasteiger partial charge < -0.3 is 0 Å². The SMILES string of the molecule is Ic1cc(-c2ccccn2)ncn1. The lowest BCUT2D eigenvalue weighted by molar-refractivity contribution is 1.12. The van der Waals surface area contributed by atoms with Crippen molar-refractivity contribution >= 4 is 22.6 Å². The molecule has 0 bridgehead atoms. The van der Waals surface area contributed by atoms with Crippen molar-refractivity contribution in [1.82, 2.24) is 15.0 Å². The lowest BCUT2D eigenvalue weighted by atomic mass is 10.3. The molecule has 4 heteroatoms. The Morgan fingerprint density at radius 3 is 2.62 bits per heavy atom. The maximum absolute atomic E-state index is 4.20. The molecule has 0 saturated carbocycles. The first kappa shape index (κ1) is 8.55. The van der Waals surface area contributed by atoms with Crippen molar-refractivity contribution in [1.29, 1.82) is 0 Å². The van der Waals surface area contributed by atoms with Gasteiger partial charge in [0, 0.05) is 6.20 Å². The molecule has 0 fully saturated rings. The van der Waals surface area contributed by atoms with Crippen LogP contribution in [0.3, 0.4) is 0 Å². The normalized spacial score (nSPS) is 9.92. The first-order valence-corrected chi connectivity index (χ1v) is 4.83. The maximum Gasteiger partial charge on any atom is 0.117 e. The van der Waals surface area contributed by atoms with Gasteiger partial charge in [-0.2, -0.15) is 0 Å². The van der Waals surface area contributed by atoms with E-state index < -0.39 is 0 Å². The summed E-state index contributed by atoms with van der Waals surface area (Å²) < 4.78 is 0.924. The zero-order valence-corrected chi connectivity index (χ0v) is 8.84. The average Bonchev–Trinajstić information content (AvgIpc) is 2.19. The van der Waals surface area contributed by atoms with E-state index in [1.165, 1.54) is 0 Å². The van der Waals surface area contributed by atoms with E-state index >= 15 is 0 Å². The summed E-state index contributed by atoms with van der Waals surface area (Å²) in [5, 5.41) is 0. The van der Waals surface area contributed by atoms with Crippen LogP contribution in [0.25, 0.3) is 11.4 Å². The van der Waals surface area contributed by atoms with Crippen molar-refractivity contribution in [2.24, 2.45) is 0 Å². The van der Waals surface area contributed by atoms with Crippen LogP contribution in [0.2, 0.25) is 0 Å². The van der Waals surface area contributed by atoms with Crippen molar-refractivity contribution in [2.45, 2.75) is 0 Å². The lowest BCUT2D eigenvalue weighted by Gasteiger charge is -1.97. The molecule has 0 aliphatic carbocycles. The van der Waals surface area contributed by atoms with Gasteiger partial charge >= 0.3 is 0 Å². The van der Waals surface area contributed by atoms with Crippen LogP contribution in [0.4, 0.5) is 0 Å². The van der Waals surface area contributed by atoms with E-state index in [0.29, 0.717) is 0 Å². The third kappa shape index (κ3) is 2.00. The van der Waals surface area contributed by atoms with Crippen LogP contribution in [-0.4, -0.2) is 15.0 Å². The van der Waals surface area contributed by atoms with Gasteiger partial charge in [-0.05, 0) is 40.8 Å². The van der Waals surface area contributed by atoms with Gasteiger partial charge in [-0.15, -0.1) is 0 Å². The van der Waals surface area contributed by atoms with E-state index in [9.17, 15) is 0 Å². The number of halogens is 1. The monoisotopic (exact) mass is 283 g/mol. The summed E-state index contributed by atoms with van der Waals surface area (Å²) in [6, 6.07) is 7.66. The number of aromatic nitrogens is 3. The Morgan fingerprint density at radius 1 is 1.00 bits per heavy atom. The Morgan fingerprint density at radius 2 is 1.92 bits per heavy atom. The Bertz CT molecular complexity index is 403. The first-order valence-electron chi connectivity index (χ1n) is 3.75. The Balaban J connectivity index is 2.48. The molecule has 3 nitrogen and oxygen atoms in total. The van der Waals surface area contributed by atoms with Crippen LogP contribution < -0.4 is 0 Å². The summed E-state index contributed by atoms with van der Waals surface area (Å²) >= 11 is 2.15. The van der Waals surface area contributed by atoms with Crippen LogP contribution in [0.5, 0.6) is 0 Å². The van der Waals surface area contributed by atoms with Gasteiger partial charge in [-0.3, -0.25) is 4.98 Å². The highest BCUT2D eigenvalue weighted by molar-refractivity contribution is 14.1. The molecule has 0 unspecified atom stereocenters. The molecule has 0 aliphatic heterocycles. The highest BCUT2D eigenvalue weighted by Crippen LogP contribution is 2.13. The van der Waals surface area contributed by atoms with Crippen molar-refractivity contribution in [3.05, 3.63) is 40.5 Å². The third-order valence-electron chi connectivity index (χ3n) is 1.56. The second-order valence-electron chi connectivity index (χ2n) is 2.44. The molecule has 2 aromatic rings. The molecule has 0 N–H and O–H groups in total. The molecule has 64 valence electrons. The number of hydrogen-bond donors (Lipinski definition) is 0. The predicted molar refractivity (Wildman–Crippen MR) is 58.0 cm³/mol. The van der Waals surface area contributed by atoms with Gasteiger partial charge in [-0.1, -0.05) is 6.07 Å². The molecule has 0 aromatic carbocycles. The average molecular weight is 283 g/mol.